The van der Waals surface area contributed by atoms with E-state index in [4.69, 9.17) is 0 Å². The largest absolute Gasteiger partial charge is 0.389 e. The summed E-state index contributed by atoms with van der Waals surface area (Å²) in [5, 5.41) is 9.85. The number of carbonyl (C=O) groups is 1. The van der Waals surface area contributed by atoms with Crippen LogP contribution in [0.2, 0.25) is 0 Å². The van der Waals surface area contributed by atoms with E-state index in [2.05, 4.69) is 61.5 Å². The van der Waals surface area contributed by atoms with E-state index in [1.165, 1.54) is 16.7 Å². The fourth-order valence-corrected chi connectivity index (χ4v) is 4.91. The predicted molar refractivity (Wildman–Crippen MR) is 133 cm³/mol. The Balaban J connectivity index is 1.47. The first-order chi connectivity index (χ1) is 15.5. The van der Waals surface area contributed by atoms with E-state index in [0.717, 1.165) is 27.3 Å². The Bertz CT molecular complexity index is 1190. The van der Waals surface area contributed by atoms with Crippen LogP contribution in [0.5, 0.6) is 0 Å². The molecule has 1 aromatic heterocycles. The Hall–Kier alpha value is -3.01. The predicted octanol–water partition coefficient (Wildman–Crippen LogP) is 7.44. The minimum absolute atomic E-state index is 0.198. The molecule has 4 aromatic rings. The molecule has 0 aliphatic rings. The highest BCUT2D eigenvalue weighted by Crippen LogP contribution is 2.31. The standard InChI is InChI=1S/C29H28O2S/c1-20(24-10-4-3-5-11-24)16-27(31)29-15-14-28(32-29)26-13-7-9-23(19-26)17-22-8-6-12-25(18-22)21(2)30/h3-15,18-21,30H,16-17H2,1-2H3/t20-,21?/m1/s1. The zero-order chi connectivity index (χ0) is 22.5. The van der Waals surface area contributed by atoms with Crippen LogP contribution < -0.4 is 0 Å². The van der Waals surface area contributed by atoms with E-state index < -0.39 is 6.10 Å². The van der Waals surface area contributed by atoms with Crippen LogP contribution in [0.15, 0.2) is 91.0 Å². The van der Waals surface area contributed by atoms with Crippen LogP contribution in [0, 0.1) is 0 Å². The third-order valence-corrected chi connectivity index (χ3v) is 6.97. The van der Waals surface area contributed by atoms with Crippen molar-refractivity contribution in [3.05, 3.63) is 118 Å². The molecule has 1 unspecified atom stereocenters. The molecule has 0 bridgehead atoms. The molecular formula is C29H28O2S. The normalized spacial score (nSPS) is 13.0. The Morgan fingerprint density at radius 2 is 1.50 bits per heavy atom. The van der Waals surface area contributed by atoms with Gasteiger partial charge in [-0.25, -0.2) is 0 Å². The molecule has 0 saturated heterocycles. The first-order valence-electron chi connectivity index (χ1n) is 11.0. The van der Waals surface area contributed by atoms with Crippen molar-refractivity contribution >= 4 is 17.1 Å². The van der Waals surface area contributed by atoms with Crippen LogP contribution in [0.4, 0.5) is 0 Å². The molecule has 0 saturated carbocycles. The summed E-state index contributed by atoms with van der Waals surface area (Å²) in [7, 11) is 0. The van der Waals surface area contributed by atoms with Crippen LogP contribution in [0.1, 0.15) is 64.2 Å². The molecule has 1 heterocycles. The van der Waals surface area contributed by atoms with Crippen molar-refractivity contribution in [1.82, 2.24) is 0 Å². The zero-order valence-corrected chi connectivity index (χ0v) is 19.3. The van der Waals surface area contributed by atoms with E-state index in [1.807, 2.05) is 36.4 Å². The van der Waals surface area contributed by atoms with Crippen molar-refractivity contribution in [2.45, 2.75) is 38.7 Å². The SMILES string of the molecule is CC(O)c1cccc(Cc2cccc(-c3ccc(C(=O)C[C@@H](C)c4ccccc4)s3)c2)c1. The van der Waals surface area contributed by atoms with Gasteiger partial charge in [0.05, 0.1) is 11.0 Å². The second-order valence-electron chi connectivity index (χ2n) is 8.40. The number of aliphatic hydroxyl groups is 1. The molecule has 2 atom stereocenters. The summed E-state index contributed by atoms with van der Waals surface area (Å²) in [6.07, 6.45) is 0.858. The van der Waals surface area contributed by atoms with Gasteiger partial charge in [0.2, 0.25) is 0 Å². The number of Topliss-reactive ketones (excluding diaryl/α,β-unsaturated/α-hetero) is 1. The van der Waals surface area contributed by atoms with Gasteiger partial charge in [-0.15, -0.1) is 11.3 Å². The molecular weight excluding hydrogens is 412 g/mol. The highest BCUT2D eigenvalue weighted by Gasteiger charge is 2.15. The molecule has 1 N–H and O–H groups in total. The molecule has 3 aromatic carbocycles. The molecule has 3 heteroatoms. The van der Waals surface area contributed by atoms with Crippen LogP contribution in [0.25, 0.3) is 10.4 Å². The molecule has 0 spiro atoms. The molecule has 0 aliphatic heterocycles. The van der Waals surface area contributed by atoms with Crippen molar-refractivity contribution in [2.75, 3.05) is 0 Å². The van der Waals surface area contributed by atoms with Crippen molar-refractivity contribution < 1.29 is 9.90 Å². The molecule has 0 aliphatic carbocycles. The quantitative estimate of drug-likeness (QED) is 0.289. The van der Waals surface area contributed by atoms with Crippen LogP contribution >= 0.6 is 11.3 Å². The minimum Gasteiger partial charge on any atom is -0.389 e. The maximum Gasteiger partial charge on any atom is 0.173 e. The summed E-state index contributed by atoms with van der Waals surface area (Å²) in [5.41, 5.74) is 5.66. The van der Waals surface area contributed by atoms with E-state index in [1.54, 1.807) is 18.3 Å². The van der Waals surface area contributed by atoms with Gasteiger partial charge in [0.1, 0.15) is 0 Å². The maximum atomic E-state index is 12.9. The van der Waals surface area contributed by atoms with E-state index >= 15 is 0 Å². The topological polar surface area (TPSA) is 37.3 Å². The van der Waals surface area contributed by atoms with Crippen LogP contribution in [0.3, 0.4) is 0 Å². The highest BCUT2D eigenvalue weighted by molar-refractivity contribution is 7.17. The van der Waals surface area contributed by atoms with Gasteiger partial charge >= 0.3 is 0 Å². The monoisotopic (exact) mass is 440 g/mol. The summed E-state index contributed by atoms with van der Waals surface area (Å²) >= 11 is 1.57. The third kappa shape index (κ3) is 5.42. The number of rotatable bonds is 8. The number of aliphatic hydroxyl groups excluding tert-OH is 1. The summed E-state index contributed by atoms with van der Waals surface area (Å²) in [4.78, 5) is 14.8. The van der Waals surface area contributed by atoms with E-state index in [0.29, 0.717) is 6.42 Å². The third-order valence-electron chi connectivity index (χ3n) is 5.79. The molecule has 0 amide bonds. The van der Waals surface area contributed by atoms with Gasteiger partial charge in [-0.1, -0.05) is 85.8 Å². The molecule has 32 heavy (non-hydrogen) atoms. The lowest BCUT2D eigenvalue weighted by Gasteiger charge is -2.10. The van der Waals surface area contributed by atoms with Crippen molar-refractivity contribution in [2.24, 2.45) is 0 Å². The first kappa shape index (κ1) is 22.2. The Morgan fingerprint density at radius 3 is 2.25 bits per heavy atom. The first-order valence-corrected chi connectivity index (χ1v) is 11.9. The second kappa shape index (κ2) is 10.1. The molecule has 0 radical (unpaired) electrons. The number of ketones is 1. The Kier molecular flexibility index (Phi) is 6.99. The maximum absolute atomic E-state index is 12.9. The summed E-state index contributed by atoms with van der Waals surface area (Å²) in [6, 6.07) is 30.8. The smallest absolute Gasteiger partial charge is 0.173 e. The summed E-state index contributed by atoms with van der Waals surface area (Å²) in [5.74, 6) is 0.402. The number of hydrogen-bond acceptors (Lipinski definition) is 3. The van der Waals surface area contributed by atoms with Gasteiger partial charge in [-0.2, -0.15) is 0 Å². The van der Waals surface area contributed by atoms with Crippen molar-refractivity contribution in [3.8, 4) is 10.4 Å². The summed E-state index contributed by atoms with van der Waals surface area (Å²) in [6.45, 7) is 3.90. The van der Waals surface area contributed by atoms with Crippen LogP contribution in [-0.4, -0.2) is 10.9 Å². The van der Waals surface area contributed by atoms with E-state index in [9.17, 15) is 9.90 Å². The van der Waals surface area contributed by atoms with Crippen molar-refractivity contribution in [3.63, 3.8) is 0 Å². The molecule has 4 rings (SSSR count). The van der Waals surface area contributed by atoms with Crippen LogP contribution in [-0.2, 0) is 6.42 Å². The number of benzene rings is 3. The van der Waals surface area contributed by atoms with Gasteiger partial charge in [0.15, 0.2) is 5.78 Å². The lowest BCUT2D eigenvalue weighted by atomic mass is 9.95. The fourth-order valence-electron chi connectivity index (χ4n) is 3.95. The Labute approximate surface area is 194 Å². The highest BCUT2D eigenvalue weighted by atomic mass is 32.1. The van der Waals surface area contributed by atoms with Gasteiger partial charge in [-0.05, 0) is 59.2 Å². The van der Waals surface area contributed by atoms with Gasteiger partial charge in [-0.3, -0.25) is 4.79 Å². The number of thiophene rings is 1. The molecule has 162 valence electrons. The zero-order valence-electron chi connectivity index (χ0n) is 18.5. The van der Waals surface area contributed by atoms with E-state index in [-0.39, 0.29) is 11.7 Å². The number of hydrogen-bond donors (Lipinski definition) is 1. The number of carbonyl (C=O) groups excluding carboxylic acids is 1. The average Bonchev–Trinajstić information content (AvgIpc) is 3.31. The average molecular weight is 441 g/mol. The molecule has 2 nitrogen and oxygen atoms in total. The minimum atomic E-state index is -0.465. The van der Waals surface area contributed by atoms with Gasteiger partial charge in [0.25, 0.3) is 0 Å². The van der Waals surface area contributed by atoms with Crippen molar-refractivity contribution in [1.29, 1.82) is 0 Å². The lowest BCUT2D eigenvalue weighted by molar-refractivity contribution is 0.0979. The Morgan fingerprint density at radius 1 is 0.812 bits per heavy atom. The second-order valence-corrected chi connectivity index (χ2v) is 9.48. The fraction of sp³-hybridized carbons (Fsp3) is 0.207. The van der Waals surface area contributed by atoms with Gasteiger partial charge in [0, 0.05) is 11.3 Å². The summed E-state index contributed by atoms with van der Waals surface area (Å²) < 4.78 is 0. The lowest BCUT2D eigenvalue weighted by Crippen LogP contribution is -2.03. The van der Waals surface area contributed by atoms with Gasteiger partial charge < -0.3 is 5.11 Å². The molecule has 0 fully saturated rings.